The Kier molecular flexibility index (Phi) is 6.69. The lowest BCUT2D eigenvalue weighted by atomic mass is 9.76. The molecule has 0 bridgehead atoms. The van der Waals surface area contributed by atoms with E-state index in [0.29, 0.717) is 12.0 Å². The number of fused-ring (bicyclic) bond motifs is 1. The molecule has 2 aliphatic heterocycles. The minimum atomic E-state index is 0.252. The van der Waals surface area contributed by atoms with E-state index in [-0.39, 0.29) is 5.54 Å². The van der Waals surface area contributed by atoms with Crippen LogP contribution in [0.2, 0.25) is 0 Å². The van der Waals surface area contributed by atoms with Crippen molar-refractivity contribution in [2.24, 2.45) is 5.92 Å². The van der Waals surface area contributed by atoms with Crippen molar-refractivity contribution in [3.63, 3.8) is 0 Å². The molecule has 6 heteroatoms. The molecule has 3 aromatic rings. The number of piperidine rings is 1. The fourth-order valence-corrected chi connectivity index (χ4v) is 6.28. The third kappa shape index (κ3) is 4.24. The molecule has 0 aliphatic carbocycles. The fraction of sp³-hybridized carbons (Fsp3) is 0.533. The third-order valence-corrected chi connectivity index (χ3v) is 9.30. The van der Waals surface area contributed by atoms with E-state index in [0.717, 1.165) is 48.9 Å². The van der Waals surface area contributed by atoms with Crippen molar-refractivity contribution >= 4 is 16.6 Å². The highest BCUT2D eigenvalue weighted by atomic mass is 16.5. The number of likely N-dealkylation sites (tertiary alicyclic amines) is 1. The first-order chi connectivity index (χ1) is 17.2. The first-order valence-corrected chi connectivity index (χ1v) is 13.3. The van der Waals surface area contributed by atoms with E-state index in [1.165, 1.54) is 35.1 Å². The summed E-state index contributed by atoms with van der Waals surface area (Å²) < 4.78 is 11.0. The van der Waals surface area contributed by atoms with E-state index in [1.54, 1.807) is 14.2 Å². The molecule has 194 valence electrons. The Morgan fingerprint density at radius 3 is 2.33 bits per heavy atom. The van der Waals surface area contributed by atoms with Gasteiger partial charge in [-0.25, -0.2) is 0 Å². The number of hydrogen-bond donors (Lipinski definition) is 1. The average molecular weight is 491 g/mol. The van der Waals surface area contributed by atoms with E-state index >= 15 is 0 Å². The van der Waals surface area contributed by atoms with Crippen LogP contribution in [-0.2, 0) is 0 Å². The smallest absolute Gasteiger partial charge is 0.161 e. The highest BCUT2D eigenvalue weighted by molar-refractivity contribution is 5.93. The van der Waals surface area contributed by atoms with Crippen LogP contribution in [0, 0.1) is 12.8 Å². The van der Waals surface area contributed by atoms with E-state index in [4.69, 9.17) is 9.47 Å². The van der Waals surface area contributed by atoms with Crippen molar-refractivity contribution in [2.75, 3.05) is 58.9 Å². The molecule has 1 aromatic heterocycles. The molecule has 0 saturated carbocycles. The number of methoxy groups -OCH3 is 2. The maximum Gasteiger partial charge on any atom is 0.161 e. The number of ether oxygens (including phenoxy) is 2. The van der Waals surface area contributed by atoms with Gasteiger partial charge in [0, 0.05) is 65.6 Å². The summed E-state index contributed by atoms with van der Waals surface area (Å²) in [6, 6.07) is 13.6. The molecule has 36 heavy (non-hydrogen) atoms. The summed E-state index contributed by atoms with van der Waals surface area (Å²) in [5, 5.41) is 1.28. The van der Waals surface area contributed by atoms with Crippen molar-refractivity contribution < 1.29 is 9.47 Å². The van der Waals surface area contributed by atoms with Gasteiger partial charge in [0.05, 0.1) is 14.2 Å². The van der Waals surface area contributed by atoms with Gasteiger partial charge < -0.3 is 24.3 Å². The largest absolute Gasteiger partial charge is 0.493 e. The van der Waals surface area contributed by atoms with Crippen LogP contribution in [0.4, 0.5) is 5.69 Å². The highest BCUT2D eigenvalue weighted by Crippen LogP contribution is 2.38. The quantitative estimate of drug-likeness (QED) is 0.519. The number of aromatic nitrogens is 1. The second-order valence-electron chi connectivity index (χ2n) is 11.2. The van der Waals surface area contributed by atoms with Crippen molar-refractivity contribution in [2.45, 2.75) is 45.7 Å². The fourth-order valence-electron chi connectivity index (χ4n) is 6.28. The molecule has 6 nitrogen and oxygen atoms in total. The van der Waals surface area contributed by atoms with Crippen LogP contribution in [0.25, 0.3) is 22.2 Å². The second-order valence-corrected chi connectivity index (χ2v) is 11.2. The third-order valence-electron chi connectivity index (χ3n) is 9.30. The number of nitrogens with one attached hydrogen (secondary N) is 1. The topological polar surface area (TPSA) is 44.0 Å². The molecule has 0 radical (unpaired) electrons. The first kappa shape index (κ1) is 25.0. The molecule has 1 N–H and O–H groups in total. The molecular weight excluding hydrogens is 448 g/mol. The standard InChI is InChI=1S/C30H42N4O2/c1-20-24-19-23(9-10-25(24)31-29(20)22-8-11-27(35-6)28(18-22)36-7)33-14-16-34(17-15-33)26-12-13-32(5)30(3,4)21(26)2/h8-11,18-19,21,26,31H,12-17H2,1-7H3. The number of nitrogens with zero attached hydrogens (tertiary/aromatic N) is 3. The number of anilines is 1. The number of aromatic amines is 1. The van der Waals surface area contributed by atoms with E-state index in [9.17, 15) is 0 Å². The van der Waals surface area contributed by atoms with Crippen molar-refractivity contribution in [3.8, 4) is 22.8 Å². The van der Waals surface area contributed by atoms with Gasteiger partial charge in [-0.1, -0.05) is 6.92 Å². The van der Waals surface area contributed by atoms with Gasteiger partial charge in [-0.3, -0.25) is 4.90 Å². The van der Waals surface area contributed by atoms with Crippen LogP contribution in [0.5, 0.6) is 11.5 Å². The zero-order valence-corrected chi connectivity index (χ0v) is 23.0. The molecule has 2 aromatic carbocycles. The Morgan fingerprint density at radius 2 is 1.64 bits per heavy atom. The summed E-state index contributed by atoms with van der Waals surface area (Å²) in [5.41, 5.74) is 6.24. The number of benzene rings is 2. The van der Waals surface area contributed by atoms with Gasteiger partial charge in [-0.2, -0.15) is 0 Å². The molecular formula is C30H42N4O2. The Hall–Kier alpha value is -2.70. The minimum absolute atomic E-state index is 0.252. The van der Waals surface area contributed by atoms with Gasteiger partial charge in [-0.05, 0) is 88.7 Å². The van der Waals surface area contributed by atoms with Crippen LogP contribution in [0.3, 0.4) is 0 Å². The minimum Gasteiger partial charge on any atom is -0.493 e. The summed E-state index contributed by atoms with van der Waals surface area (Å²) in [5.74, 6) is 2.15. The molecule has 2 atom stereocenters. The van der Waals surface area contributed by atoms with Gasteiger partial charge in [-0.15, -0.1) is 0 Å². The maximum atomic E-state index is 5.53. The number of rotatable bonds is 5. The lowest BCUT2D eigenvalue weighted by Gasteiger charge is -2.53. The zero-order chi connectivity index (χ0) is 25.6. The summed E-state index contributed by atoms with van der Waals surface area (Å²) in [6.07, 6.45) is 1.27. The van der Waals surface area contributed by atoms with Crippen LogP contribution < -0.4 is 14.4 Å². The predicted molar refractivity (Wildman–Crippen MR) is 150 cm³/mol. The Bertz CT molecular complexity index is 1230. The SMILES string of the molecule is COc1ccc(-c2[nH]c3ccc(N4CCN(C5CCN(C)C(C)(C)C5C)CC4)cc3c2C)cc1OC. The summed E-state index contributed by atoms with van der Waals surface area (Å²) in [7, 11) is 5.63. The number of piperazine rings is 1. The van der Waals surface area contributed by atoms with Crippen molar-refractivity contribution in [3.05, 3.63) is 42.0 Å². The predicted octanol–water partition coefficient (Wildman–Crippen LogP) is 5.40. The zero-order valence-electron chi connectivity index (χ0n) is 23.0. The molecule has 2 aliphatic rings. The monoisotopic (exact) mass is 490 g/mol. The van der Waals surface area contributed by atoms with Crippen LogP contribution in [0.1, 0.15) is 32.8 Å². The molecule has 5 rings (SSSR count). The van der Waals surface area contributed by atoms with E-state index in [1.807, 2.05) is 12.1 Å². The average Bonchev–Trinajstić information content (AvgIpc) is 3.23. The summed E-state index contributed by atoms with van der Waals surface area (Å²) >= 11 is 0. The second kappa shape index (κ2) is 9.64. The molecule has 2 unspecified atom stereocenters. The normalized spacial score (nSPS) is 23.2. The lowest BCUT2D eigenvalue weighted by molar-refractivity contribution is -0.0186. The van der Waals surface area contributed by atoms with Gasteiger partial charge in [0.25, 0.3) is 0 Å². The van der Waals surface area contributed by atoms with E-state index < -0.39 is 0 Å². The molecule has 0 amide bonds. The van der Waals surface area contributed by atoms with Gasteiger partial charge in [0.2, 0.25) is 0 Å². The summed E-state index contributed by atoms with van der Waals surface area (Å²) in [6.45, 7) is 15.1. The highest BCUT2D eigenvalue weighted by Gasteiger charge is 2.42. The number of aryl methyl sites for hydroxylation is 1. The van der Waals surface area contributed by atoms with E-state index in [2.05, 4.69) is 78.7 Å². The van der Waals surface area contributed by atoms with Gasteiger partial charge >= 0.3 is 0 Å². The Labute approximate surface area is 216 Å². The molecule has 2 saturated heterocycles. The lowest BCUT2D eigenvalue weighted by Crippen LogP contribution is -2.62. The van der Waals surface area contributed by atoms with Crippen LogP contribution >= 0.6 is 0 Å². The Balaban J connectivity index is 1.33. The molecule has 2 fully saturated rings. The summed E-state index contributed by atoms with van der Waals surface area (Å²) in [4.78, 5) is 11.5. The first-order valence-electron chi connectivity index (χ1n) is 13.3. The van der Waals surface area contributed by atoms with Crippen LogP contribution in [0.15, 0.2) is 36.4 Å². The molecule has 0 spiro atoms. The number of hydrogen-bond acceptors (Lipinski definition) is 5. The van der Waals surface area contributed by atoms with Gasteiger partial charge in [0.1, 0.15) is 0 Å². The molecule has 3 heterocycles. The van der Waals surface area contributed by atoms with Gasteiger partial charge in [0.15, 0.2) is 11.5 Å². The van der Waals surface area contributed by atoms with Crippen LogP contribution in [-0.4, -0.2) is 80.4 Å². The Morgan fingerprint density at radius 1 is 0.917 bits per heavy atom. The number of H-pyrrole nitrogens is 1. The van der Waals surface area contributed by atoms with Crippen molar-refractivity contribution in [1.29, 1.82) is 0 Å². The maximum absolute atomic E-state index is 5.53. The van der Waals surface area contributed by atoms with Crippen molar-refractivity contribution in [1.82, 2.24) is 14.8 Å².